The quantitative estimate of drug-likeness (QED) is 0.156. The SMILES string of the molecule is N#Cc1ccc(N(c2ccccc2)c2cc3c(c4ccccc24)-c2ccc(N(c4ccccc4)c4ccccc4)cc2C3(c2ccccc2)c2ccccc2)cc1. The fraction of sp³-hybridized carbons (Fsp3) is 0.0185. The Hall–Kier alpha value is -7.67. The van der Waals surface area contributed by atoms with Gasteiger partial charge in [0.1, 0.15) is 0 Å². The van der Waals surface area contributed by atoms with Crippen LogP contribution in [0, 0.1) is 11.3 Å². The van der Waals surface area contributed by atoms with Gasteiger partial charge in [0.05, 0.1) is 22.7 Å². The van der Waals surface area contributed by atoms with Crippen LogP contribution in [0.2, 0.25) is 0 Å². The summed E-state index contributed by atoms with van der Waals surface area (Å²) in [5.74, 6) is 0. The van der Waals surface area contributed by atoms with Gasteiger partial charge in [-0.1, -0.05) is 146 Å². The Labute approximate surface area is 333 Å². The molecular weight excluding hydrogens is 691 g/mol. The monoisotopic (exact) mass is 727 g/mol. The molecule has 0 N–H and O–H groups in total. The van der Waals surface area contributed by atoms with E-state index >= 15 is 0 Å². The lowest BCUT2D eigenvalue weighted by molar-refractivity contribution is 0.769. The summed E-state index contributed by atoms with van der Waals surface area (Å²) in [4.78, 5) is 4.70. The van der Waals surface area contributed by atoms with E-state index in [2.05, 4.69) is 228 Å². The summed E-state index contributed by atoms with van der Waals surface area (Å²) in [5, 5.41) is 12.1. The van der Waals surface area contributed by atoms with Crippen molar-refractivity contribution in [1.29, 1.82) is 5.26 Å². The number of anilines is 6. The lowest BCUT2D eigenvalue weighted by Crippen LogP contribution is -2.29. The Morgan fingerprint density at radius 1 is 0.368 bits per heavy atom. The third-order valence-corrected chi connectivity index (χ3v) is 11.3. The van der Waals surface area contributed by atoms with Gasteiger partial charge in [-0.15, -0.1) is 0 Å². The highest BCUT2D eigenvalue weighted by atomic mass is 15.1. The maximum absolute atomic E-state index is 9.72. The Morgan fingerprint density at radius 2 is 0.807 bits per heavy atom. The fourth-order valence-corrected chi connectivity index (χ4v) is 8.93. The average molecular weight is 728 g/mol. The molecule has 1 aliphatic carbocycles. The summed E-state index contributed by atoms with van der Waals surface area (Å²) >= 11 is 0. The number of nitriles is 1. The van der Waals surface area contributed by atoms with Gasteiger partial charge in [-0.2, -0.15) is 5.26 Å². The van der Waals surface area contributed by atoms with Gasteiger partial charge in [-0.3, -0.25) is 0 Å². The molecule has 0 amide bonds. The highest BCUT2D eigenvalue weighted by Crippen LogP contribution is 2.60. The third-order valence-electron chi connectivity index (χ3n) is 11.3. The molecule has 3 heteroatoms. The number of rotatable bonds is 8. The standard InChI is InChI=1S/C54H37N3/c55-38-39-30-32-45(33-31-39)57(44-26-14-5-15-27-44)52-37-51-53(48-29-17-16-28-47(48)52)49-35-34-46(56(42-22-10-3-11-23-42)43-24-12-4-13-25-43)36-50(49)54(51,40-18-6-1-7-19-40)41-20-8-2-9-21-41/h1-37H. The van der Waals surface area contributed by atoms with Crippen LogP contribution in [0.5, 0.6) is 0 Å². The van der Waals surface area contributed by atoms with Crippen LogP contribution in [-0.4, -0.2) is 0 Å². The molecule has 57 heavy (non-hydrogen) atoms. The highest BCUT2D eigenvalue weighted by molar-refractivity contribution is 6.11. The maximum atomic E-state index is 9.72. The summed E-state index contributed by atoms with van der Waals surface area (Å²) < 4.78 is 0. The van der Waals surface area contributed by atoms with Crippen LogP contribution >= 0.6 is 0 Å². The second kappa shape index (κ2) is 14.2. The molecule has 1 aliphatic rings. The normalized spacial score (nSPS) is 12.3. The molecule has 0 saturated carbocycles. The summed E-state index contributed by atoms with van der Waals surface area (Å²) in [6.07, 6.45) is 0. The molecule has 9 aromatic rings. The van der Waals surface area contributed by atoms with Crippen molar-refractivity contribution in [3.8, 4) is 17.2 Å². The first-order valence-corrected chi connectivity index (χ1v) is 19.3. The molecule has 0 heterocycles. The Morgan fingerprint density at radius 3 is 1.33 bits per heavy atom. The molecule has 268 valence electrons. The van der Waals surface area contributed by atoms with Crippen LogP contribution in [0.25, 0.3) is 21.9 Å². The van der Waals surface area contributed by atoms with E-state index in [0.717, 1.165) is 39.5 Å². The van der Waals surface area contributed by atoms with Gasteiger partial charge >= 0.3 is 0 Å². The van der Waals surface area contributed by atoms with Crippen LogP contribution in [-0.2, 0) is 5.41 Å². The van der Waals surface area contributed by atoms with E-state index in [0.29, 0.717) is 5.56 Å². The van der Waals surface area contributed by atoms with Crippen molar-refractivity contribution in [2.24, 2.45) is 0 Å². The molecule has 0 fully saturated rings. The van der Waals surface area contributed by atoms with Gasteiger partial charge in [0.15, 0.2) is 0 Å². The molecule has 0 radical (unpaired) electrons. The van der Waals surface area contributed by atoms with Gasteiger partial charge in [0.25, 0.3) is 0 Å². The fourth-order valence-electron chi connectivity index (χ4n) is 8.93. The zero-order valence-electron chi connectivity index (χ0n) is 31.2. The van der Waals surface area contributed by atoms with Crippen molar-refractivity contribution in [1.82, 2.24) is 0 Å². The van der Waals surface area contributed by atoms with Crippen LogP contribution in [0.15, 0.2) is 224 Å². The van der Waals surface area contributed by atoms with Crippen LogP contribution in [0.3, 0.4) is 0 Å². The van der Waals surface area contributed by atoms with E-state index in [4.69, 9.17) is 0 Å². The van der Waals surface area contributed by atoms with Crippen LogP contribution < -0.4 is 9.80 Å². The minimum atomic E-state index is -0.673. The zero-order chi connectivity index (χ0) is 38.2. The van der Waals surface area contributed by atoms with Gasteiger partial charge in [-0.05, 0) is 118 Å². The first-order valence-electron chi connectivity index (χ1n) is 19.3. The van der Waals surface area contributed by atoms with E-state index in [1.807, 2.05) is 12.1 Å². The van der Waals surface area contributed by atoms with Crippen LogP contribution in [0.4, 0.5) is 34.1 Å². The summed E-state index contributed by atoms with van der Waals surface area (Å²) in [5.41, 5.74) is 13.6. The molecule has 0 bridgehead atoms. The molecule has 3 nitrogen and oxygen atoms in total. The molecule has 9 aromatic carbocycles. The number of hydrogen-bond acceptors (Lipinski definition) is 3. The Kier molecular flexibility index (Phi) is 8.43. The smallest absolute Gasteiger partial charge is 0.0991 e. The molecular formula is C54H37N3. The summed E-state index contributed by atoms with van der Waals surface area (Å²) in [6, 6.07) is 82.4. The predicted molar refractivity (Wildman–Crippen MR) is 235 cm³/mol. The van der Waals surface area contributed by atoms with Crippen molar-refractivity contribution >= 4 is 44.9 Å². The average Bonchev–Trinajstić information content (AvgIpc) is 3.59. The largest absolute Gasteiger partial charge is 0.310 e. The second-order valence-corrected chi connectivity index (χ2v) is 14.4. The van der Waals surface area contributed by atoms with E-state index in [9.17, 15) is 5.26 Å². The van der Waals surface area contributed by atoms with E-state index in [1.54, 1.807) is 0 Å². The maximum Gasteiger partial charge on any atom is 0.0991 e. The number of para-hydroxylation sites is 3. The molecule has 10 rings (SSSR count). The Bertz CT molecular complexity index is 2810. The minimum Gasteiger partial charge on any atom is -0.310 e. The van der Waals surface area contributed by atoms with Gasteiger partial charge in [0.2, 0.25) is 0 Å². The minimum absolute atomic E-state index is 0.629. The van der Waals surface area contributed by atoms with Crippen LogP contribution in [0.1, 0.15) is 27.8 Å². The lowest BCUT2D eigenvalue weighted by atomic mass is 9.67. The highest BCUT2D eigenvalue weighted by Gasteiger charge is 2.47. The van der Waals surface area contributed by atoms with Crippen molar-refractivity contribution in [3.63, 3.8) is 0 Å². The van der Waals surface area contributed by atoms with Gasteiger partial charge in [-0.25, -0.2) is 0 Å². The second-order valence-electron chi connectivity index (χ2n) is 14.4. The van der Waals surface area contributed by atoms with Crippen molar-refractivity contribution in [2.75, 3.05) is 9.80 Å². The van der Waals surface area contributed by atoms with E-state index < -0.39 is 5.41 Å². The molecule has 0 saturated heterocycles. The molecule has 0 aliphatic heterocycles. The number of fused-ring (bicyclic) bond motifs is 5. The molecule has 0 atom stereocenters. The van der Waals surface area contributed by atoms with Crippen molar-refractivity contribution in [3.05, 3.63) is 252 Å². The first kappa shape index (κ1) is 33.9. The predicted octanol–water partition coefficient (Wildman–Crippen LogP) is 14.0. The lowest BCUT2D eigenvalue weighted by Gasteiger charge is -2.36. The van der Waals surface area contributed by atoms with E-state index in [1.165, 1.54) is 38.8 Å². The Balaban J connectivity index is 1.33. The molecule has 0 aromatic heterocycles. The van der Waals surface area contributed by atoms with E-state index in [-0.39, 0.29) is 0 Å². The number of nitrogens with zero attached hydrogens (tertiary/aromatic N) is 3. The van der Waals surface area contributed by atoms with Crippen molar-refractivity contribution < 1.29 is 0 Å². The topological polar surface area (TPSA) is 30.3 Å². The number of benzene rings is 9. The summed E-state index contributed by atoms with van der Waals surface area (Å²) in [7, 11) is 0. The zero-order valence-corrected chi connectivity index (χ0v) is 31.2. The summed E-state index contributed by atoms with van der Waals surface area (Å²) in [6.45, 7) is 0. The third kappa shape index (κ3) is 5.58. The van der Waals surface area contributed by atoms with Crippen molar-refractivity contribution in [2.45, 2.75) is 5.41 Å². The van der Waals surface area contributed by atoms with Gasteiger partial charge < -0.3 is 9.80 Å². The first-order chi connectivity index (χ1) is 28.3. The molecule has 0 unspecified atom stereocenters. The van der Waals surface area contributed by atoms with Gasteiger partial charge in [0, 0.05) is 33.8 Å². The molecule has 0 spiro atoms. The number of hydrogen-bond donors (Lipinski definition) is 0.